The molecule has 0 atom stereocenters. The average molecular weight is 267 g/mol. The zero-order valence-corrected chi connectivity index (χ0v) is 10.9. The third-order valence-electron chi connectivity index (χ3n) is 2.55. The Balaban J connectivity index is 2.72. The van der Waals surface area contributed by atoms with Gasteiger partial charge in [-0.2, -0.15) is 5.10 Å². The minimum Gasteiger partial charge on any atom is -0.494 e. The number of sulfonamides is 1. The standard InChI is InChI=1S/C11H13N3O3S/c1-4-18(15,16)13-10-9(17-3)6-5-8-7-12-14(2)11(8)10/h4-7,13H,1H2,2-3H3. The molecule has 2 aromatic rings. The third-order valence-corrected chi connectivity index (χ3v) is 3.48. The summed E-state index contributed by atoms with van der Waals surface area (Å²) in [5, 5.41) is 5.76. The molecular weight excluding hydrogens is 254 g/mol. The molecule has 0 aliphatic carbocycles. The molecule has 1 N–H and O–H groups in total. The second-order valence-electron chi connectivity index (χ2n) is 3.66. The number of aromatic nitrogens is 2. The van der Waals surface area contributed by atoms with E-state index in [1.165, 1.54) is 7.11 Å². The molecule has 1 heterocycles. The summed E-state index contributed by atoms with van der Waals surface area (Å²) in [6.07, 6.45) is 1.65. The first-order valence-electron chi connectivity index (χ1n) is 5.12. The highest BCUT2D eigenvalue weighted by molar-refractivity contribution is 7.95. The molecule has 0 saturated heterocycles. The number of ether oxygens (including phenoxy) is 1. The second kappa shape index (κ2) is 4.34. The topological polar surface area (TPSA) is 73.2 Å². The number of fused-ring (bicyclic) bond motifs is 1. The summed E-state index contributed by atoms with van der Waals surface area (Å²) >= 11 is 0. The number of benzene rings is 1. The van der Waals surface area contributed by atoms with Crippen LogP contribution in [0.3, 0.4) is 0 Å². The predicted octanol–water partition coefficient (Wildman–Crippen LogP) is 1.47. The number of nitrogens with one attached hydrogen (secondary N) is 1. The highest BCUT2D eigenvalue weighted by Gasteiger charge is 2.16. The minimum absolute atomic E-state index is 0.356. The molecule has 0 unspecified atom stereocenters. The maximum absolute atomic E-state index is 11.6. The van der Waals surface area contributed by atoms with Gasteiger partial charge in [-0.05, 0) is 12.1 Å². The van der Waals surface area contributed by atoms with Crippen molar-refractivity contribution in [2.24, 2.45) is 7.05 Å². The summed E-state index contributed by atoms with van der Waals surface area (Å²) in [5.74, 6) is 0.427. The Morgan fingerprint density at radius 3 is 2.83 bits per heavy atom. The van der Waals surface area contributed by atoms with Crippen molar-refractivity contribution < 1.29 is 13.2 Å². The maximum Gasteiger partial charge on any atom is 0.254 e. The second-order valence-corrected chi connectivity index (χ2v) is 5.29. The number of hydrogen-bond acceptors (Lipinski definition) is 4. The minimum atomic E-state index is -3.60. The Labute approximate surface area is 105 Å². The molecule has 18 heavy (non-hydrogen) atoms. The van der Waals surface area contributed by atoms with Crippen LogP contribution in [0.5, 0.6) is 5.75 Å². The molecular formula is C11H13N3O3S. The Morgan fingerprint density at radius 1 is 1.50 bits per heavy atom. The van der Waals surface area contributed by atoms with Crippen molar-refractivity contribution in [1.29, 1.82) is 0 Å². The lowest BCUT2D eigenvalue weighted by molar-refractivity contribution is 0.417. The van der Waals surface area contributed by atoms with Gasteiger partial charge in [-0.25, -0.2) is 8.42 Å². The smallest absolute Gasteiger partial charge is 0.254 e. The summed E-state index contributed by atoms with van der Waals surface area (Å²) in [5.41, 5.74) is 1.01. The van der Waals surface area contributed by atoms with Crippen molar-refractivity contribution >= 4 is 26.6 Å². The molecule has 1 aromatic heterocycles. The van der Waals surface area contributed by atoms with Gasteiger partial charge >= 0.3 is 0 Å². The van der Waals surface area contributed by atoms with Crippen LogP contribution in [0.4, 0.5) is 5.69 Å². The van der Waals surface area contributed by atoms with Gasteiger partial charge in [-0.15, -0.1) is 0 Å². The first-order chi connectivity index (χ1) is 8.48. The highest BCUT2D eigenvalue weighted by Crippen LogP contribution is 2.33. The van der Waals surface area contributed by atoms with Gasteiger partial charge < -0.3 is 4.74 Å². The van der Waals surface area contributed by atoms with Crippen molar-refractivity contribution in [2.75, 3.05) is 11.8 Å². The molecule has 96 valence electrons. The van der Waals surface area contributed by atoms with Crippen LogP contribution < -0.4 is 9.46 Å². The van der Waals surface area contributed by atoms with Crippen LogP contribution in [0.25, 0.3) is 10.9 Å². The molecule has 0 aliphatic rings. The summed E-state index contributed by atoms with van der Waals surface area (Å²) in [6.45, 7) is 3.26. The van der Waals surface area contributed by atoms with Crippen LogP contribution in [-0.2, 0) is 17.1 Å². The van der Waals surface area contributed by atoms with Gasteiger partial charge in [0.15, 0.2) is 0 Å². The van der Waals surface area contributed by atoms with Gasteiger partial charge in [-0.3, -0.25) is 9.40 Å². The third kappa shape index (κ3) is 2.04. The van der Waals surface area contributed by atoms with E-state index in [0.717, 1.165) is 10.8 Å². The molecule has 6 nitrogen and oxygen atoms in total. The predicted molar refractivity (Wildman–Crippen MR) is 70.0 cm³/mol. The van der Waals surface area contributed by atoms with Crippen LogP contribution in [0, 0.1) is 0 Å². The average Bonchev–Trinajstić information content (AvgIpc) is 2.72. The van der Waals surface area contributed by atoms with Gasteiger partial charge in [0, 0.05) is 17.8 Å². The van der Waals surface area contributed by atoms with E-state index in [4.69, 9.17) is 4.74 Å². The number of anilines is 1. The number of aryl methyl sites for hydroxylation is 1. The SMILES string of the molecule is C=CS(=O)(=O)Nc1c(OC)ccc2cnn(C)c12. The van der Waals surface area contributed by atoms with Crippen molar-refractivity contribution in [3.05, 3.63) is 30.3 Å². The first kappa shape index (κ1) is 12.4. The zero-order valence-electron chi connectivity index (χ0n) is 10.0. The van der Waals surface area contributed by atoms with Gasteiger partial charge in [0.05, 0.1) is 18.8 Å². The summed E-state index contributed by atoms with van der Waals surface area (Å²) in [6, 6.07) is 3.50. The van der Waals surface area contributed by atoms with Gasteiger partial charge in [0.2, 0.25) is 0 Å². The summed E-state index contributed by atoms with van der Waals surface area (Å²) in [7, 11) is -0.393. The Morgan fingerprint density at radius 2 is 2.22 bits per heavy atom. The van der Waals surface area contributed by atoms with Gasteiger partial charge in [0.1, 0.15) is 11.4 Å². The summed E-state index contributed by atoms with van der Waals surface area (Å²) in [4.78, 5) is 0. The Kier molecular flexibility index (Phi) is 3.00. The fraction of sp³-hybridized carbons (Fsp3) is 0.182. The lowest BCUT2D eigenvalue weighted by Crippen LogP contribution is -2.11. The highest BCUT2D eigenvalue weighted by atomic mass is 32.2. The van der Waals surface area contributed by atoms with E-state index in [0.29, 0.717) is 17.0 Å². The van der Waals surface area contributed by atoms with E-state index in [1.807, 2.05) is 6.07 Å². The van der Waals surface area contributed by atoms with E-state index in [9.17, 15) is 8.42 Å². The lowest BCUT2D eigenvalue weighted by atomic mass is 10.2. The fourth-order valence-corrected chi connectivity index (χ4v) is 2.27. The quantitative estimate of drug-likeness (QED) is 0.910. The lowest BCUT2D eigenvalue weighted by Gasteiger charge is -2.11. The van der Waals surface area contributed by atoms with Crippen LogP contribution in [-0.4, -0.2) is 25.3 Å². The van der Waals surface area contributed by atoms with E-state index in [2.05, 4.69) is 16.4 Å². The molecule has 7 heteroatoms. The monoisotopic (exact) mass is 267 g/mol. The van der Waals surface area contributed by atoms with Gasteiger partial charge in [0.25, 0.3) is 10.0 Å². The number of nitrogens with zero attached hydrogens (tertiary/aromatic N) is 2. The summed E-state index contributed by atoms with van der Waals surface area (Å²) < 4.78 is 32.4. The normalized spacial score (nSPS) is 11.4. The number of rotatable bonds is 4. The van der Waals surface area contributed by atoms with E-state index < -0.39 is 10.0 Å². The molecule has 1 aromatic carbocycles. The zero-order chi connectivity index (χ0) is 13.3. The Bertz CT molecular complexity index is 704. The molecule has 0 bridgehead atoms. The molecule has 0 spiro atoms. The Hall–Kier alpha value is -2.02. The molecule has 0 amide bonds. The van der Waals surface area contributed by atoms with Crippen LogP contribution in [0.1, 0.15) is 0 Å². The van der Waals surface area contributed by atoms with Crippen LogP contribution >= 0.6 is 0 Å². The van der Waals surface area contributed by atoms with Crippen LogP contribution in [0.15, 0.2) is 30.3 Å². The molecule has 2 rings (SSSR count). The molecule has 0 fully saturated rings. The maximum atomic E-state index is 11.6. The first-order valence-corrected chi connectivity index (χ1v) is 6.67. The van der Waals surface area contributed by atoms with Crippen molar-refractivity contribution in [3.8, 4) is 5.75 Å². The number of methoxy groups -OCH3 is 1. The largest absolute Gasteiger partial charge is 0.494 e. The van der Waals surface area contributed by atoms with E-state index in [1.54, 1.807) is 24.0 Å². The van der Waals surface area contributed by atoms with Crippen molar-refractivity contribution in [3.63, 3.8) is 0 Å². The van der Waals surface area contributed by atoms with Crippen LogP contribution in [0.2, 0.25) is 0 Å². The van der Waals surface area contributed by atoms with Crippen molar-refractivity contribution in [1.82, 2.24) is 9.78 Å². The molecule has 0 saturated carbocycles. The van der Waals surface area contributed by atoms with Crippen molar-refractivity contribution in [2.45, 2.75) is 0 Å². The fourth-order valence-electron chi connectivity index (χ4n) is 1.70. The molecule has 0 aliphatic heterocycles. The molecule has 0 radical (unpaired) electrons. The number of hydrogen-bond donors (Lipinski definition) is 1. The van der Waals surface area contributed by atoms with E-state index in [-0.39, 0.29) is 0 Å². The van der Waals surface area contributed by atoms with E-state index >= 15 is 0 Å². The van der Waals surface area contributed by atoms with Gasteiger partial charge in [-0.1, -0.05) is 6.58 Å².